The molecule has 0 spiro atoms. The Morgan fingerprint density at radius 3 is 2.24 bits per heavy atom. The van der Waals surface area contributed by atoms with Gasteiger partial charge in [0.05, 0.1) is 5.57 Å². The normalized spacial score (nSPS) is 31.0. The summed E-state index contributed by atoms with van der Waals surface area (Å²) in [7, 11) is 0. The van der Waals surface area contributed by atoms with Crippen molar-refractivity contribution >= 4 is 17.1 Å². The molecule has 0 unspecified atom stereocenters. The largest absolute Gasteiger partial charge is 0.511 e. The van der Waals surface area contributed by atoms with Gasteiger partial charge in [-0.2, -0.15) is 0 Å². The first kappa shape index (κ1) is 16.6. The van der Waals surface area contributed by atoms with E-state index in [2.05, 4.69) is 32.9 Å². The third-order valence-electron chi connectivity index (χ3n) is 6.63. The number of fused-ring (bicyclic) bond motifs is 2. The lowest BCUT2D eigenvalue weighted by molar-refractivity contribution is -0.139. The maximum Gasteiger partial charge on any atom is 0.170 e. The van der Waals surface area contributed by atoms with Crippen molar-refractivity contribution in [3.63, 3.8) is 0 Å². The van der Waals surface area contributed by atoms with Crippen LogP contribution in [0.4, 0.5) is 0 Å². The molecular formula is C22H26O3. The minimum absolute atomic E-state index is 0.0814. The zero-order valence-corrected chi connectivity index (χ0v) is 15.3. The predicted molar refractivity (Wildman–Crippen MR) is 97.3 cm³/mol. The lowest BCUT2D eigenvalue weighted by Gasteiger charge is -2.43. The van der Waals surface area contributed by atoms with Crippen molar-refractivity contribution in [3.8, 4) is 0 Å². The molecule has 25 heavy (non-hydrogen) atoms. The highest BCUT2D eigenvalue weighted by atomic mass is 16.3. The number of carbonyl (C=O) groups excluding carboxylic acids is 2. The number of aryl methyl sites for hydroxylation is 3. The Morgan fingerprint density at radius 2 is 1.68 bits per heavy atom. The predicted octanol–water partition coefficient (Wildman–Crippen LogP) is 4.20. The molecule has 4 aliphatic carbocycles. The van der Waals surface area contributed by atoms with Gasteiger partial charge in [0.25, 0.3) is 0 Å². The quantitative estimate of drug-likeness (QED) is 0.898. The van der Waals surface area contributed by atoms with E-state index in [1.807, 2.05) is 0 Å². The van der Waals surface area contributed by atoms with Crippen molar-refractivity contribution < 1.29 is 14.7 Å². The van der Waals surface area contributed by atoms with Gasteiger partial charge < -0.3 is 5.11 Å². The molecule has 3 fully saturated rings. The maximum absolute atomic E-state index is 13.3. The van der Waals surface area contributed by atoms with Gasteiger partial charge >= 0.3 is 0 Å². The van der Waals surface area contributed by atoms with Gasteiger partial charge in [0.2, 0.25) is 0 Å². The van der Waals surface area contributed by atoms with Gasteiger partial charge in [-0.3, -0.25) is 9.59 Å². The number of rotatable bonds is 3. The fraction of sp³-hybridized carbons (Fsp3) is 0.545. The smallest absolute Gasteiger partial charge is 0.170 e. The average molecular weight is 338 g/mol. The number of ketones is 2. The molecule has 3 nitrogen and oxygen atoms in total. The Kier molecular flexibility index (Phi) is 3.86. The van der Waals surface area contributed by atoms with E-state index in [0.717, 1.165) is 42.4 Å². The van der Waals surface area contributed by atoms with E-state index in [1.165, 1.54) is 5.56 Å². The highest BCUT2D eigenvalue weighted by Crippen LogP contribution is 2.56. The number of benzene rings is 1. The van der Waals surface area contributed by atoms with Gasteiger partial charge in [-0.25, -0.2) is 0 Å². The molecular weight excluding hydrogens is 312 g/mol. The minimum atomic E-state index is -0.266. The van der Waals surface area contributed by atoms with Crippen LogP contribution in [-0.2, 0) is 22.4 Å². The molecule has 1 aromatic carbocycles. The minimum Gasteiger partial charge on any atom is -0.511 e. The highest BCUT2D eigenvalue weighted by molar-refractivity contribution is 6.26. The van der Waals surface area contributed by atoms with E-state index in [0.29, 0.717) is 12.0 Å². The van der Waals surface area contributed by atoms with Crippen LogP contribution in [0, 0.1) is 30.6 Å². The first-order chi connectivity index (χ1) is 12.0. The Bertz CT molecular complexity index is 776. The summed E-state index contributed by atoms with van der Waals surface area (Å²) in [6.45, 7) is 6.26. The highest BCUT2D eigenvalue weighted by Gasteiger charge is 2.57. The van der Waals surface area contributed by atoms with Crippen LogP contribution in [0.25, 0.3) is 5.57 Å². The SMILES string of the molecule is CCc1cc(C)cc(CC)c1C1=C(O)[C@H]2[C@@H](C1=O)[C@@H]1CC[C@H]2C(=O)C1. The van der Waals surface area contributed by atoms with Gasteiger partial charge in [-0.1, -0.05) is 31.5 Å². The fourth-order valence-electron chi connectivity index (χ4n) is 5.57. The van der Waals surface area contributed by atoms with E-state index >= 15 is 0 Å². The summed E-state index contributed by atoms with van der Waals surface area (Å²) >= 11 is 0. The third-order valence-corrected chi connectivity index (χ3v) is 6.63. The first-order valence-electron chi connectivity index (χ1n) is 9.60. The molecule has 0 amide bonds. The number of aliphatic hydroxyl groups excluding tert-OH is 1. The second kappa shape index (κ2) is 5.82. The van der Waals surface area contributed by atoms with Crippen LogP contribution in [0.5, 0.6) is 0 Å². The summed E-state index contributed by atoms with van der Waals surface area (Å²) in [5.41, 5.74) is 4.92. The lowest BCUT2D eigenvalue weighted by Crippen LogP contribution is -2.46. The first-order valence-corrected chi connectivity index (χ1v) is 9.60. The average Bonchev–Trinajstić information content (AvgIpc) is 2.87. The second-order valence-electron chi connectivity index (χ2n) is 7.96. The Morgan fingerprint density at radius 1 is 1.04 bits per heavy atom. The molecule has 132 valence electrons. The Labute approximate surface area is 149 Å². The zero-order chi connectivity index (χ0) is 17.9. The van der Waals surface area contributed by atoms with Crippen LogP contribution in [0.3, 0.4) is 0 Å². The van der Waals surface area contributed by atoms with Gasteiger partial charge in [-0.05, 0) is 55.2 Å². The van der Waals surface area contributed by atoms with Gasteiger partial charge in [0.15, 0.2) is 5.78 Å². The van der Waals surface area contributed by atoms with E-state index in [4.69, 9.17) is 0 Å². The van der Waals surface area contributed by atoms with Crippen molar-refractivity contribution in [2.45, 2.75) is 52.9 Å². The number of Topliss-reactive ketones (excluding diaryl/α,β-unsaturated/α-hetero) is 2. The van der Waals surface area contributed by atoms with Crippen LogP contribution in [-0.4, -0.2) is 16.7 Å². The molecule has 4 atom stereocenters. The van der Waals surface area contributed by atoms with Crippen LogP contribution in [0.15, 0.2) is 17.9 Å². The van der Waals surface area contributed by atoms with Crippen molar-refractivity contribution in [2.24, 2.45) is 23.7 Å². The van der Waals surface area contributed by atoms with Crippen LogP contribution in [0.1, 0.15) is 55.4 Å². The van der Waals surface area contributed by atoms with Crippen molar-refractivity contribution in [2.75, 3.05) is 0 Å². The van der Waals surface area contributed by atoms with Gasteiger partial charge in [-0.15, -0.1) is 0 Å². The topological polar surface area (TPSA) is 54.4 Å². The van der Waals surface area contributed by atoms with E-state index in [1.54, 1.807) is 0 Å². The number of allylic oxidation sites excluding steroid dienone is 2. The summed E-state index contributed by atoms with van der Waals surface area (Å²) in [6, 6.07) is 4.26. The van der Waals surface area contributed by atoms with Crippen molar-refractivity contribution in [3.05, 3.63) is 40.1 Å². The van der Waals surface area contributed by atoms with Gasteiger partial charge in [0.1, 0.15) is 11.5 Å². The molecule has 5 rings (SSSR count). The number of hydrogen-bond donors (Lipinski definition) is 1. The summed E-state index contributed by atoms with van der Waals surface area (Å²) in [6.07, 6.45) is 3.95. The molecule has 0 saturated heterocycles. The van der Waals surface area contributed by atoms with E-state index < -0.39 is 0 Å². The van der Waals surface area contributed by atoms with Crippen LogP contribution < -0.4 is 0 Å². The van der Waals surface area contributed by atoms with Crippen LogP contribution in [0.2, 0.25) is 0 Å². The molecule has 3 heteroatoms. The molecule has 0 heterocycles. The Balaban J connectivity index is 1.91. The third kappa shape index (κ3) is 2.24. The van der Waals surface area contributed by atoms with E-state index in [-0.39, 0.29) is 41.0 Å². The van der Waals surface area contributed by atoms with E-state index in [9.17, 15) is 14.7 Å². The molecule has 1 N–H and O–H groups in total. The second-order valence-corrected chi connectivity index (χ2v) is 7.96. The zero-order valence-electron chi connectivity index (χ0n) is 15.3. The summed E-state index contributed by atoms with van der Waals surface area (Å²) in [5.74, 6) is 0.0464. The van der Waals surface area contributed by atoms with Gasteiger partial charge in [0, 0.05) is 24.2 Å². The Hall–Kier alpha value is -1.90. The summed E-state index contributed by atoms with van der Waals surface area (Å²) < 4.78 is 0. The molecule has 4 aliphatic rings. The standard InChI is InChI=1S/C22H26O3/c1-4-12-8-11(3)9-13(5-2)17(12)20-21(24)18-14-6-7-15(16(23)10-14)19(18)22(20)25/h8-9,14-15,18-19,25H,4-7,10H2,1-3H3/t14-,15+,18+,19-/m1/s1. The lowest BCUT2D eigenvalue weighted by atomic mass is 9.58. The summed E-state index contributed by atoms with van der Waals surface area (Å²) in [4.78, 5) is 25.7. The van der Waals surface area contributed by atoms with Crippen LogP contribution >= 0.6 is 0 Å². The molecule has 2 bridgehead atoms. The fourth-order valence-corrected chi connectivity index (χ4v) is 5.57. The molecule has 3 saturated carbocycles. The number of hydrogen-bond acceptors (Lipinski definition) is 3. The summed E-state index contributed by atoms with van der Waals surface area (Å²) in [5, 5.41) is 11.1. The maximum atomic E-state index is 13.3. The number of aliphatic hydroxyl groups is 1. The molecule has 1 aromatic rings. The van der Waals surface area contributed by atoms with Crippen molar-refractivity contribution in [1.29, 1.82) is 0 Å². The number of carbonyl (C=O) groups is 2. The molecule has 0 radical (unpaired) electrons. The molecule has 0 aromatic heterocycles. The van der Waals surface area contributed by atoms with Crippen molar-refractivity contribution in [1.82, 2.24) is 0 Å². The molecule has 0 aliphatic heterocycles. The monoisotopic (exact) mass is 338 g/mol.